The Labute approximate surface area is 246 Å². The highest BCUT2D eigenvalue weighted by molar-refractivity contribution is 6.23. The molecule has 230 valence electrons. The summed E-state index contributed by atoms with van der Waals surface area (Å²) in [6.45, 7) is 0.371. The molecule has 14 heteroatoms. The molecule has 0 radical (unpaired) electrons. The maximum Gasteiger partial charge on any atom is 0.416 e. The van der Waals surface area contributed by atoms with Crippen LogP contribution in [0.2, 0.25) is 0 Å². The van der Waals surface area contributed by atoms with E-state index in [1.54, 1.807) is 10.6 Å². The lowest BCUT2D eigenvalue weighted by atomic mass is 10.1. The second-order valence-corrected chi connectivity index (χ2v) is 10.5. The minimum absolute atomic E-state index is 0.110. The second kappa shape index (κ2) is 11.8. The number of benzene rings is 3. The van der Waals surface area contributed by atoms with Crippen molar-refractivity contribution in [2.75, 3.05) is 9.80 Å². The summed E-state index contributed by atoms with van der Waals surface area (Å²) < 4.78 is 76.7. The summed E-state index contributed by atoms with van der Waals surface area (Å²) in [4.78, 5) is 53.4. The van der Waals surface area contributed by atoms with Gasteiger partial charge >= 0.3 is 12.4 Å². The summed E-state index contributed by atoms with van der Waals surface area (Å²) >= 11 is 0. The minimum atomic E-state index is -4.46. The van der Waals surface area contributed by atoms with Crippen LogP contribution in [0.4, 0.5) is 37.7 Å². The molecule has 0 spiro atoms. The zero-order valence-corrected chi connectivity index (χ0v) is 22.9. The first kappa shape index (κ1) is 30.9. The molecule has 5 rings (SSSR count). The topological polar surface area (TPSA) is 108 Å². The van der Waals surface area contributed by atoms with Gasteiger partial charge in [0.2, 0.25) is 11.8 Å². The smallest absolute Gasteiger partial charge is 0.332 e. The maximum atomic E-state index is 13.0. The van der Waals surface area contributed by atoms with E-state index in [2.05, 4.69) is 0 Å². The molecule has 0 aromatic heterocycles. The number of amides is 4. The molecule has 0 unspecified atom stereocenters. The number of nitrogens with two attached hydrogens (primary N) is 2. The number of nitrogens with zero attached hydrogens (tertiary/aromatic N) is 2. The first-order valence-corrected chi connectivity index (χ1v) is 13.5. The molecular weight excluding hydrogens is 594 g/mol. The Hall–Kier alpha value is -4.56. The van der Waals surface area contributed by atoms with E-state index in [1.807, 2.05) is 0 Å². The monoisotopic (exact) mass is 620 g/mol. The summed E-state index contributed by atoms with van der Waals surface area (Å²) in [6.07, 6.45) is -9.14. The SMILES string of the molecule is O=C1C[C@H]([NH2+]Cc2ccc(C(F)(F)F)cc2)C(=O)N1c1ccc(N2C(=O)C[C@@H]([NH2+]Cc3ccc(C(F)(F)F)cc3)C2=O)cc1. The Morgan fingerprint density at radius 2 is 0.864 bits per heavy atom. The predicted octanol–water partition coefficient (Wildman–Crippen LogP) is 2.52. The van der Waals surface area contributed by atoms with Crippen molar-refractivity contribution in [3.8, 4) is 0 Å². The van der Waals surface area contributed by atoms with E-state index < -0.39 is 59.2 Å². The molecule has 2 atom stereocenters. The molecule has 3 aromatic carbocycles. The Bertz CT molecular complexity index is 1450. The van der Waals surface area contributed by atoms with Gasteiger partial charge in [-0.25, -0.2) is 9.80 Å². The molecule has 0 bridgehead atoms. The van der Waals surface area contributed by atoms with Crippen LogP contribution < -0.4 is 20.4 Å². The molecule has 4 N–H and O–H groups in total. The third kappa shape index (κ3) is 6.50. The van der Waals surface area contributed by atoms with E-state index in [0.717, 1.165) is 34.1 Å². The van der Waals surface area contributed by atoms with Crippen LogP contribution in [0.25, 0.3) is 0 Å². The van der Waals surface area contributed by atoms with Crippen LogP contribution in [0, 0.1) is 0 Å². The fourth-order valence-electron chi connectivity index (χ4n) is 5.19. The Balaban J connectivity index is 1.18. The summed E-state index contributed by atoms with van der Waals surface area (Å²) in [7, 11) is 0. The zero-order valence-electron chi connectivity index (χ0n) is 22.9. The summed E-state index contributed by atoms with van der Waals surface area (Å²) in [5.41, 5.74) is 0.00320. The minimum Gasteiger partial charge on any atom is -0.332 e. The van der Waals surface area contributed by atoms with Crippen LogP contribution in [-0.4, -0.2) is 35.7 Å². The van der Waals surface area contributed by atoms with E-state index in [1.165, 1.54) is 48.5 Å². The van der Waals surface area contributed by atoms with Crippen molar-refractivity contribution in [1.82, 2.24) is 0 Å². The molecule has 4 amide bonds. The van der Waals surface area contributed by atoms with Crippen molar-refractivity contribution < 1.29 is 56.2 Å². The number of imide groups is 2. The van der Waals surface area contributed by atoms with Gasteiger partial charge in [0.25, 0.3) is 11.8 Å². The number of hydrogen-bond donors (Lipinski definition) is 2. The average Bonchev–Trinajstić information content (AvgIpc) is 3.42. The molecule has 2 saturated heterocycles. The van der Waals surface area contributed by atoms with Gasteiger partial charge in [-0.3, -0.25) is 19.2 Å². The number of hydrogen-bond acceptors (Lipinski definition) is 4. The highest BCUT2D eigenvalue weighted by atomic mass is 19.4. The molecule has 2 aliphatic rings. The van der Waals surface area contributed by atoms with Crippen molar-refractivity contribution in [3.05, 3.63) is 95.1 Å². The van der Waals surface area contributed by atoms with Crippen LogP contribution in [0.15, 0.2) is 72.8 Å². The lowest BCUT2D eigenvalue weighted by Crippen LogP contribution is -2.90. The lowest BCUT2D eigenvalue weighted by molar-refractivity contribution is -0.690. The quantitative estimate of drug-likeness (QED) is 0.298. The number of halogens is 6. The molecule has 0 aliphatic carbocycles. The van der Waals surface area contributed by atoms with Crippen LogP contribution in [0.3, 0.4) is 0 Å². The molecular formula is C30H26F6N4O4+2. The third-order valence-corrected chi connectivity index (χ3v) is 7.57. The Morgan fingerprint density at radius 3 is 1.16 bits per heavy atom. The molecule has 44 heavy (non-hydrogen) atoms. The van der Waals surface area contributed by atoms with Gasteiger partial charge in [0.1, 0.15) is 13.1 Å². The van der Waals surface area contributed by atoms with E-state index in [0.29, 0.717) is 11.1 Å². The Morgan fingerprint density at radius 1 is 0.545 bits per heavy atom. The standard InChI is InChI=1S/C30H24F6N4O4/c31-29(32,33)19-5-1-17(2-6-19)15-37-23-13-25(41)39(27(23)43)21-9-11-22(12-10-21)40-26(42)14-24(28(40)44)38-16-18-3-7-20(8-4-18)30(34,35)36/h1-12,23-24,37-38H,13-16H2/p+2/t23-,24+. The predicted molar refractivity (Wildman–Crippen MR) is 142 cm³/mol. The number of rotatable bonds is 8. The van der Waals surface area contributed by atoms with Gasteiger partial charge in [-0.15, -0.1) is 0 Å². The summed E-state index contributed by atoms with van der Waals surface area (Å²) in [5.74, 6) is -1.94. The number of alkyl halides is 6. The molecule has 2 fully saturated rings. The normalized spacial score (nSPS) is 19.4. The van der Waals surface area contributed by atoms with Crippen molar-refractivity contribution in [1.29, 1.82) is 0 Å². The first-order chi connectivity index (χ1) is 20.7. The van der Waals surface area contributed by atoms with Crippen LogP contribution in [-0.2, 0) is 44.6 Å². The van der Waals surface area contributed by atoms with E-state index >= 15 is 0 Å². The molecule has 2 heterocycles. The van der Waals surface area contributed by atoms with Crippen molar-refractivity contribution in [3.63, 3.8) is 0 Å². The highest BCUT2D eigenvalue weighted by Gasteiger charge is 2.44. The number of carbonyl (C=O) groups is 4. The van der Waals surface area contributed by atoms with Gasteiger partial charge in [-0.1, -0.05) is 24.3 Å². The third-order valence-electron chi connectivity index (χ3n) is 7.57. The van der Waals surface area contributed by atoms with Crippen LogP contribution in [0.5, 0.6) is 0 Å². The molecule has 0 saturated carbocycles. The van der Waals surface area contributed by atoms with Gasteiger partial charge < -0.3 is 10.6 Å². The van der Waals surface area contributed by atoms with E-state index in [9.17, 15) is 45.5 Å². The van der Waals surface area contributed by atoms with Crippen LogP contribution >= 0.6 is 0 Å². The van der Waals surface area contributed by atoms with Crippen LogP contribution in [0.1, 0.15) is 35.1 Å². The van der Waals surface area contributed by atoms with E-state index in [4.69, 9.17) is 0 Å². The number of anilines is 2. The van der Waals surface area contributed by atoms with Gasteiger partial charge in [-0.05, 0) is 48.5 Å². The average molecular weight is 621 g/mol. The largest absolute Gasteiger partial charge is 0.416 e. The van der Waals surface area contributed by atoms with Gasteiger partial charge in [0, 0.05) is 11.1 Å². The van der Waals surface area contributed by atoms with Gasteiger partial charge in [0.15, 0.2) is 12.1 Å². The summed E-state index contributed by atoms with van der Waals surface area (Å²) in [5, 5.41) is 3.17. The number of quaternary nitrogens is 2. The molecule has 3 aromatic rings. The van der Waals surface area contributed by atoms with Crippen molar-refractivity contribution in [2.24, 2.45) is 0 Å². The van der Waals surface area contributed by atoms with E-state index in [-0.39, 0.29) is 37.3 Å². The maximum absolute atomic E-state index is 13.0. The first-order valence-electron chi connectivity index (χ1n) is 13.5. The lowest BCUT2D eigenvalue weighted by Gasteiger charge is -2.18. The van der Waals surface area contributed by atoms with Gasteiger partial charge in [0.05, 0.1) is 35.3 Å². The second-order valence-electron chi connectivity index (χ2n) is 10.5. The fraction of sp³-hybridized carbons (Fsp3) is 0.267. The van der Waals surface area contributed by atoms with Crippen molar-refractivity contribution >= 4 is 35.0 Å². The summed E-state index contributed by atoms with van der Waals surface area (Å²) in [6, 6.07) is 13.3. The number of carbonyl (C=O) groups excluding carboxylic acids is 4. The molecule has 2 aliphatic heterocycles. The fourth-order valence-corrected chi connectivity index (χ4v) is 5.19. The van der Waals surface area contributed by atoms with Crippen molar-refractivity contribution in [2.45, 2.75) is 50.4 Å². The highest BCUT2D eigenvalue weighted by Crippen LogP contribution is 2.31. The van der Waals surface area contributed by atoms with Gasteiger partial charge in [-0.2, -0.15) is 26.3 Å². The zero-order chi connectivity index (χ0) is 31.8. The Kier molecular flexibility index (Phi) is 8.32. The molecule has 8 nitrogen and oxygen atoms in total.